The fourth-order valence-electron chi connectivity index (χ4n) is 3.82. The first-order valence-corrected chi connectivity index (χ1v) is 8.51. The highest BCUT2D eigenvalue weighted by molar-refractivity contribution is 7.89. The zero-order valence-electron chi connectivity index (χ0n) is 12.9. The number of nitrogens with zero attached hydrogens (tertiary/aromatic N) is 1. The summed E-state index contributed by atoms with van der Waals surface area (Å²) in [5, 5.41) is 6.47. The maximum absolute atomic E-state index is 12.4. The summed E-state index contributed by atoms with van der Waals surface area (Å²) < 4.78 is 27.7. The molecule has 0 bridgehead atoms. The van der Waals surface area contributed by atoms with Crippen LogP contribution in [-0.2, 0) is 10.0 Å². The molecule has 5 nitrogen and oxygen atoms in total. The first-order valence-electron chi connectivity index (χ1n) is 7.03. The number of H-pyrrole nitrogens is 1. The van der Waals surface area contributed by atoms with E-state index in [4.69, 9.17) is 0 Å². The highest BCUT2D eigenvalue weighted by atomic mass is 32.2. The zero-order chi connectivity index (χ0) is 15.2. The molecule has 1 aliphatic rings. The minimum atomic E-state index is -3.49. The first kappa shape index (κ1) is 15.5. The molecule has 20 heavy (non-hydrogen) atoms. The molecule has 1 aromatic heterocycles. The second-order valence-corrected chi connectivity index (χ2v) is 9.27. The van der Waals surface area contributed by atoms with Gasteiger partial charge < -0.3 is 0 Å². The molecule has 0 radical (unpaired) electrons. The molecule has 0 unspecified atom stereocenters. The predicted octanol–water partition coefficient (Wildman–Crippen LogP) is 2.60. The molecule has 114 valence electrons. The van der Waals surface area contributed by atoms with E-state index in [1.165, 1.54) is 6.20 Å². The van der Waals surface area contributed by atoms with Gasteiger partial charge in [0.25, 0.3) is 0 Å². The van der Waals surface area contributed by atoms with Crippen molar-refractivity contribution in [3.8, 4) is 0 Å². The number of hydrogen-bond acceptors (Lipinski definition) is 3. The summed E-state index contributed by atoms with van der Waals surface area (Å²) in [6.45, 7) is 10.5. The lowest BCUT2D eigenvalue weighted by atomic mass is 9.64. The Kier molecular flexibility index (Phi) is 3.75. The maximum atomic E-state index is 12.4. The van der Waals surface area contributed by atoms with Crippen molar-refractivity contribution < 1.29 is 8.42 Å². The number of aromatic nitrogens is 2. The number of aromatic amines is 1. The number of rotatable bonds is 3. The quantitative estimate of drug-likeness (QED) is 0.901. The SMILES string of the molecule is Cc1[nH]ncc1S(=O)(=O)NC1CC(C)(C)CC(C)(C)C1. The van der Waals surface area contributed by atoms with Gasteiger partial charge in [0.1, 0.15) is 4.90 Å². The Morgan fingerprint density at radius 1 is 1.25 bits per heavy atom. The van der Waals surface area contributed by atoms with Crippen LogP contribution < -0.4 is 4.72 Å². The van der Waals surface area contributed by atoms with Crippen LogP contribution >= 0.6 is 0 Å². The number of nitrogens with one attached hydrogen (secondary N) is 2. The van der Waals surface area contributed by atoms with Gasteiger partial charge in [-0.3, -0.25) is 5.10 Å². The molecule has 1 fully saturated rings. The molecule has 2 N–H and O–H groups in total. The molecule has 6 heteroatoms. The Bertz CT molecular complexity index is 571. The number of sulfonamides is 1. The summed E-state index contributed by atoms with van der Waals surface area (Å²) in [7, 11) is -3.49. The van der Waals surface area contributed by atoms with Crippen molar-refractivity contribution in [2.24, 2.45) is 10.8 Å². The molecule has 0 spiro atoms. The van der Waals surface area contributed by atoms with Gasteiger partial charge in [-0.2, -0.15) is 5.10 Å². The fraction of sp³-hybridized carbons (Fsp3) is 0.786. The Hall–Kier alpha value is -0.880. The molecule has 0 amide bonds. The fourth-order valence-corrected chi connectivity index (χ4v) is 5.20. The normalized spacial score (nSPS) is 22.9. The molecule has 1 aliphatic carbocycles. The van der Waals surface area contributed by atoms with Crippen LogP contribution in [0.1, 0.15) is 52.7 Å². The highest BCUT2D eigenvalue weighted by Crippen LogP contribution is 2.45. The first-order chi connectivity index (χ1) is 9.01. The van der Waals surface area contributed by atoms with Gasteiger partial charge in [0.15, 0.2) is 0 Å². The van der Waals surface area contributed by atoms with Gasteiger partial charge in [0.05, 0.1) is 11.9 Å². The van der Waals surface area contributed by atoms with Crippen LogP contribution in [0.5, 0.6) is 0 Å². The summed E-state index contributed by atoms with van der Waals surface area (Å²) in [6, 6.07) is -0.0203. The molecule has 0 saturated heterocycles. The lowest BCUT2D eigenvalue weighted by molar-refractivity contribution is 0.0934. The summed E-state index contributed by atoms with van der Waals surface area (Å²) in [6.07, 6.45) is 4.22. The lowest BCUT2D eigenvalue weighted by Crippen LogP contribution is -2.45. The molecule has 2 rings (SSSR count). The molecular weight excluding hydrogens is 274 g/mol. The standard InChI is InChI=1S/C14H25N3O2S/c1-10-12(8-15-16-10)20(18,19)17-11-6-13(2,3)9-14(4,5)7-11/h8,11,17H,6-7,9H2,1-5H3,(H,15,16). The maximum Gasteiger partial charge on any atom is 0.244 e. The number of hydrogen-bond donors (Lipinski definition) is 2. The minimum absolute atomic E-state index is 0.0203. The Morgan fingerprint density at radius 3 is 2.25 bits per heavy atom. The van der Waals surface area contributed by atoms with Gasteiger partial charge in [-0.05, 0) is 37.0 Å². The molecule has 0 aromatic carbocycles. The van der Waals surface area contributed by atoms with E-state index in [0.29, 0.717) is 5.69 Å². The Morgan fingerprint density at radius 2 is 1.80 bits per heavy atom. The van der Waals surface area contributed by atoms with Gasteiger partial charge in [-0.1, -0.05) is 27.7 Å². The summed E-state index contributed by atoms with van der Waals surface area (Å²) in [5.74, 6) is 0. The molecular formula is C14H25N3O2S. The van der Waals surface area contributed by atoms with Gasteiger partial charge in [0.2, 0.25) is 10.0 Å². The Labute approximate surface area is 121 Å². The third kappa shape index (κ3) is 3.41. The van der Waals surface area contributed by atoms with Crippen molar-refractivity contribution in [3.63, 3.8) is 0 Å². The van der Waals surface area contributed by atoms with Crippen LogP contribution in [0.3, 0.4) is 0 Å². The van der Waals surface area contributed by atoms with E-state index in [1.54, 1.807) is 6.92 Å². The van der Waals surface area contributed by atoms with Crippen LogP contribution in [0.15, 0.2) is 11.1 Å². The van der Waals surface area contributed by atoms with Crippen molar-refractivity contribution in [2.45, 2.75) is 64.8 Å². The monoisotopic (exact) mass is 299 g/mol. The van der Waals surface area contributed by atoms with Gasteiger partial charge in [-0.25, -0.2) is 13.1 Å². The van der Waals surface area contributed by atoms with E-state index in [0.717, 1.165) is 19.3 Å². The van der Waals surface area contributed by atoms with Crippen LogP contribution in [0.4, 0.5) is 0 Å². The van der Waals surface area contributed by atoms with E-state index in [2.05, 4.69) is 42.6 Å². The molecule has 0 atom stereocenters. The average Bonchev–Trinajstić information content (AvgIpc) is 2.58. The summed E-state index contributed by atoms with van der Waals surface area (Å²) in [4.78, 5) is 0.249. The molecule has 1 aromatic rings. The topological polar surface area (TPSA) is 74.8 Å². The van der Waals surface area contributed by atoms with Crippen molar-refractivity contribution in [1.82, 2.24) is 14.9 Å². The van der Waals surface area contributed by atoms with E-state index in [1.807, 2.05) is 0 Å². The summed E-state index contributed by atoms with van der Waals surface area (Å²) >= 11 is 0. The molecule has 1 heterocycles. The van der Waals surface area contributed by atoms with E-state index in [-0.39, 0.29) is 21.8 Å². The third-order valence-electron chi connectivity index (χ3n) is 3.95. The van der Waals surface area contributed by atoms with Gasteiger partial charge in [0, 0.05) is 6.04 Å². The van der Waals surface area contributed by atoms with Gasteiger partial charge in [-0.15, -0.1) is 0 Å². The van der Waals surface area contributed by atoms with Crippen LogP contribution in [0.2, 0.25) is 0 Å². The number of aryl methyl sites for hydroxylation is 1. The molecule has 1 saturated carbocycles. The minimum Gasteiger partial charge on any atom is -0.281 e. The molecule has 0 aliphatic heterocycles. The van der Waals surface area contributed by atoms with Crippen LogP contribution in [-0.4, -0.2) is 24.7 Å². The highest BCUT2D eigenvalue weighted by Gasteiger charge is 2.40. The van der Waals surface area contributed by atoms with E-state index >= 15 is 0 Å². The van der Waals surface area contributed by atoms with Gasteiger partial charge >= 0.3 is 0 Å². The van der Waals surface area contributed by atoms with Crippen molar-refractivity contribution >= 4 is 10.0 Å². The van der Waals surface area contributed by atoms with E-state index in [9.17, 15) is 8.42 Å². The van der Waals surface area contributed by atoms with Crippen LogP contribution in [0, 0.1) is 17.8 Å². The average molecular weight is 299 g/mol. The largest absolute Gasteiger partial charge is 0.281 e. The third-order valence-corrected chi connectivity index (χ3v) is 5.58. The van der Waals surface area contributed by atoms with Crippen molar-refractivity contribution in [3.05, 3.63) is 11.9 Å². The Balaban J connectivity index is 2.20. The second-order valence-electron chi connectivity index (χ2n) is 7.59. The van der Waals surface area contributed by atoms with Crippen molar-refractivity contribution in [2.75, 3.05) is 0 Å². The zero-order valence-corrected chi connectivity index (χ0v) is 13.8. The van der Waals surface area contributed by atoms with Crippen LogP contribution in [0.25, 0.3) is 0 Å². The van der Waals surface area contributed by atoms with Crippen molar-refractivity contribution in [1.29, 1.82) is 0 Å². The predicted molar refractivity (Wildman–Crippen MR) is 78.8 cm³/mol. The smallest absolute Gasteiger partial charge is 0.244 e. The second kappa shape index (κ2) is 4.84. The lowest BCUT2D eigenvalue weighted by Gasteiger charge is -2.45. The summed E-state index contributed by atoms with van der Waals surface area (Å²) in [5.41, 5.74) is 0.882. The van der Waals surface area contributed by atoms with E-state index < -0.39 is 10.0 Å².